The molecule has 0 fully saturated rings. The molecular weight excluding hydrogens is 312 g/mol. The third kappa shape index (κ3) is 4.53. The third-order valence-electron chi connectivity index (χ3n) is 4.34. The SMILES string of the molecule is CC(C)Oc1ccccc1NC(=O)CCN1CCCc2ccccc21. The summed E-state index contributed by atoms with van der Waals surface area (Å²) in [6.45, 7) is 5.70. The summed E-state index contributed by atoms with van der Waals surface area (Å²) < 4.78 is 5.76. The number of hydrogen-bond donors (Lipinski definition) is 1. The molecule has 1 aliphatic rings. The molecule has 0 bridgehead atoms. The average Bonchev–Trinajstić information content (AvgIpc) is 2.61. The first kappa shape index (κ1) is 17.3. The van der Waals surface area contributed by atoms with Gasteiger partial charge in [0.25, 0.3) is 0 Å². The van der Waals surface area contributed by atoms with Crippen LogP contribution < -0.4 is 15.0 Å². The lowest BCUT2D eigenvalue weighted by Gasteiger charge is -2.31. The second kappa shape index (κ2) is 8.06. The molecule has 0 aliphatic carbocycles. The number of para-hydroxylation sites is 3. The van der Waals surface area contributed by atoms with Crippen molar-refractivity contribution in [3.05, 3.63) is 54.1 Å². The zero-order valence-electron chi connectivity index (χ0n) is 15.0. The number of nitrogens with one attached hydrogen (secondary N) is 1. The molecule has 2 aromatic carbocycles. The highest BCUT2D eigenvalue weighted by atomic mass is 16.5. The van der Waals surface area contributed by atoms with E-state index in [0.717, 1.165) is 31.6 Å². The summed E-state index contributed by atoms with van der Waals surface area (Å²) in [5, 5.41) is 2.99. The summed E-state index contributed by atoms with van der Waals surface area (Å²) in [7, 11) is 0. The largest absolute Gasteiger partial charge is 0.489 e. The highest BCUT2D eigenvalue weighted by Gasteiger charge is 2.17. The zero-order valence-corrected chi connectivity index (χ0v) is 15.0. The lowest BCUT2D eigenvalue weighted by Crippen LogP contribution is -2.32. The molecule has 4 nitrogen and oxygen atoms in total. The van der Waals surface area contributed by atoms with Crippen LogP contribution in [0.15, 0.2) is 48.5 Å². The van der Waals surface area contributed by atoms with Crippen molar-refractivity contribution in [2.45, 2.75) is 39.2 Å². The van der Waals surface area contributed by atoms with E-state index < -0.39 is 0 Å². The van der Waals surface area contributed by atoms with Crippen LogP contribution in [0.5, 0.6) is 5.75 Å². The van der Waals surface area contributed by atoms with Crippen molar-refractivity contribution in [2.75, 3.05) is 23.3 Å². The normalized spacial score (nSPS) is 13.5. The van der Waals surface area contributed by atoms with Crippen molar-refractivity contribution in [1.29, 1.82) is 0 Å². The van der Waals surface area contributed by atoms with Crippen LogP contribution >= 0.6 is 0 Å². The maximum atomic E-state index is 12.4. The molecule has 3 rings (SSSR count). The number of benzene rings is 2. The lowest BCUT2D eigenvalue weighted by molar-refractivity contribution is -0.116. The first-order valence-electron chi connectivity index (χ1n) is 9.02. The Morgan fingerprint density at radius 2 is 1.92 bits per heavy atom. The number of carbonyl (C=O) groups excluding carboxylic acids is 1. The molecule has 0 spiro atoms. The molecule has 1 amide bonds. The van der Waals surface area contributed by atoms with Crippen LogP contribution in [0.25, 0.3) is 0 Å². The number of rotatable bonds is 6. The predicted molar refractivity (Wildman–Crippen MR) is 102 cm³/mol. The molecule has 1 heterocycles. The Morgan fingerprint density at radius 1 is 1.16 bits per heavy atom. The summed E-state index contributed by atoms with van der Waals surface area (Å²) in [6, 6.07) is 16.1. The molecule has 0 unspecified atom stereocenters. The van der Waals surface area contributed by atoms with Gasteiger partial charge in [0.15, 0.2) is 0 Å². The number of aryl methyl sites for hydroxylation is 1. The summed E-state index contributed by atoms with van der Waals surface area (Å²) in [4.78, 5) is 14.7. The summed E-state index contributed by atoms with van der Waals surface area (Å²) >= 11 is 0. The number of anilines is 2. The van der Waals surface area contributed by atoms with Crippen molar-refractivity contribution in [3.63, 3.8) is 0 Å². The summed E-state index contributed by atoms with van der Waals surface area (Å²) in [5.74, 6) is 0.733. The van der Waals surface area contributed by atoms with E-state index >= 15 is 0 Å². The number of hydrogen-bond acceptors (Lipinski definition) is 3. The van der Waals surface area contributed by atoms with E-state index in [4.69, 9.17) is 4.74 Å². The Hall–Kier alpha value is -2.49. The lowest BCUT2D eigenvalue weighted by atomic mass is 10.0. The second-order valence-corrected chi connectivity index (χ2v) is 6.68. The fourth-order valence-corrected chi connectivity index (χ4v) is 3.22. The van der Waals surface area contributed by atoms with E-state index in [9.17, 15) is 4.79 Å². The van der Waals surface area contributed by atoms with Gasteiger partial charge < -0.3 is 15.0 Å². The maximum absolute atomic E-state index is 12.4. The van der Waals surface area contributed by atoms with Crippen molar-refractivity contribution >= 4 is 17.3 Å². The molecule has 0 radical (unpaired) electrons. The first-order valence-corrected chi connectivity index (χ1v) is 9.02. The molecule has 0 aromatic heterocycles. The van der Waals surface area contributed by atoms with Crippen LogP contribution in [0, 0.1) is 0 Å². The van der Waals surface area contributed by atoms with Crippen LogP contribution in [-0.4, -0.2) is 25.1 Å². The minimum Gasteiger partial charge on any atom is -0.489 e. The molecule has 4 heteroatoms. The van der Waals surface area contributed by atoms with Crippen molar-refractivity contribution in [3.8, 4) is 5.75 Å². The van der Waals surface area contributed by atoms with Crippen molar-refractivity contribution < 1.29 is 9.53 Å². The van der Waals surface area contributed by atoms with Gasteiger partial charge in [0.1, 0.15) is 5.75 Å². The molecule has 0 saturated carbocycles. The highest BCUT2D eigenvalue weighted by molar-refractivity contribution is 5.92. The topological polar surface area (TPSA) is 41.6 Å². The molecule has 2 aromatic rings. The van der Waals surface area contributed by atoms with E-state index in [1.807, 2.05) is 38.1 Å². The summed E-state index contributed by atoms with van der Waals surface area (Å²) in [6.07, 6.45) is 2.80. The Labute approximate surface area is 149 Å². The van der Waals surface area contributed by atoms with Gasteiger partial charge in [-0.1, -0.05) is 30.3 Å². The Morgan fingerprint density at radius 3 is 2.76 bits per heavy atom. The van der Waals surface area contributed by atoms with Gasteiger partial charge in [-0.2, -0.15) is 0 Å². The average molecular weight is 338 g/mol. The van der Waals surface area contributed by atoms with Gasteiger partial charge in [0, 0.05) is 25.2 Å². The van der Waals surface area contributed by atoms with E-state index in [1.165, 1.54) is 11.3 Å². The van der Waals surface area contributed by atoms with Gasteiger partial charge in [0.05, 0.1) is 11.8 Å². The van der Waals surface area contributed by atoms with E-state index in [1.54, 1.807) is 0 Å². The highest BCUT2D eigenvalue weighted by Crippen LogP contribution is 2.27. The van der Waals surface area contributed by atoms with Crippen LogP contribution in [0.1, 0.15) is 32.3 Å². The van der Waals surface area contributed by atoms with Gasteiger partial charge in [0.2, 0.25) is 5.91 Å². The van der Waals surface area contributed by atoms with E-state index in [0.29, 0.717) is 12.2 Å². The van der Waals surface area contributed by atoms with Gasteiger partial charge in [-0.25, -0.2) is 0 Å². The molecule has 1 N–H and O–H groups in total. The number of ether oxygens (including phenoxy) is 1. The first-order chi connectivity index (χ1) is 12.1. The van der Waals surface area contributed by atoms with Crippen LogP contribution in [0.2, 0.25) is 0 Å². The molecule has 1 aliphatic heterocycles. The minimum absolute atomic E-state index is 0.0165. The quantitative estimate of drug-likeness (QED) is 0.856. The molecule has 0 atom stereocenters. The summed E-state index contributed by atoms with van der Waals surface area (Å²) in [5.41, 5.74) is 3.38. The smallest absolute Gasteiger partial charge is 0.226 e. The number of amides is 1. The number of carbonyl (C=O) groups is 1. The minimum atomic E-state index is 0.0165. The monoisotopic (exact) mass is 338 g/mol. The maximum Gasteiger partial charge on any atom is 0.226 e. The van der Waals surface area contributed by atoms with E-state index in [-0.39, 0.29) is 12.0 Å². The number of nitrogens with zero attached hydrogens (tertiary/aromatic N) is 1. The van der Waals surface area contributed by atoms with Crippen molar-refractivity contribution in [2.24, 2.45) is 0 Å². The number of fused-ring (bicyclic) bond motifs is 1. The fraction of sp³-hybridized carbons (Fsp3) is 0.381. The Bertz CT molecular complexity index is 727. The van der Waals surface area contributed by atoms with Crippen LogP contribution in [0.3, 0.4) is 0 Å². The molecular formula is C21H26N2O2. The van der Waals surface area contributed by atoms with Gasteiger partial charge in [-0.15, -0.1) is 0 Å². The molecule has 25 heavy (non-hydrogen) atoms. The second-order valence-electron chi connectivity index (χ2n) is 6.68. The van der Waals surface area contributed by atoms with Crippen LogP contribution in [0.4, 0.5) is 11.4 Å². The molecule has 0 saturated heterocycles. The third-order valence-corrected chi connectivity index (χ3v) is 4.34. The standard InChI is InChI=1S/C21H26N2O2/c1-16(2)25-20-12-6-4-10-18(20)22-21(24)13-15-23-14-7-9-17-8-3-5-11-19(17)23/h3-6,8,10-12,16H,7,9,13-15H2,1-2H3,(H,22,24). The Balaban J connectivity index is 1.59. The predicted octanol–water partition coefficient (Wildman–Crippen LogP) is 4.26. The van der Waals surface area contributed by atoms with E-state index in [2.05, 4.69) is 34.5 Å². The van der Waals surface area contributed by atoms with Gasteiger partial charge in [-0.3, -0.25) is 4.79 Å². The van der Waals surface area contributed by atoms with Gasteiger partial charge in [-0.05, 0) is 50.5 Å². The molecule has 132 valence electrons. The van der Waals surface area contributed by atoms with Crippen molar-refractivity contribution in [1.82, 2.24) is 0 Å². The zero-order chi connectivity index (χ0) is 17.6. The Kier molecular flexibility index (Phi) is 5.59. The fourth-order valence-electron chi connectivity index (χ4n) is 3.22. The van der Waals surface area contributed by atoms with Gasteiger partial charge >= 0.3 is 0 Å². The van der Waals surface area contributed by atoms with Crippen LogP contribution in [-0.2, 0) is 11.2 Å².